The third-order valence-electron chi connectivity index (χ3n) is 1.87. The van der Waals surface area contributed by atoms with Crippen molar-refractivity contribution in [2.45, 2.75) is 13.0 Å². The fraction of sp³-hybridized carbons (Fsp3) is 0.273. The molecule has 3 N–H and O–H groups in total. The Morgan fingerprint density at radius 3 is 2.76 bits per heavy atom. The number of benzene rings is 1. The van der Waals surface area contributed by atoms with Crippen molar-refractivity contribution in [1.29, 1.82) is 0 Å². The molecule has 92 valence electrons. The van der Waals surface area contributed by atoms with Crippen LogP contribution in [0.25, 0.3) is 0 Å². The Hall–Kier alpha value is -2.24. The molecule has 0 heterocycles. The molecule has 1 unspecified atom stereocenters. The zero-order valence-corrected chi connectivity index (χ0v) is 9.25. The molecular weight excluding hydrogens is 226 g/mol. The molecule has 0 saturated heterocycles. The Balaban J connectivity index is 2.41. The molecule has 0 spiro atoms. The summed E-state index contributed by atoms with van der Waals surface area (Å²) in [5.41, 5.74) is 6.02. The van der Waals surface area contributed by atoms with Gasteiger partial charge in [-0.05, 0) is 19.1 Å². The largest absolute Gasteiger partial charge is 0.482 e. The van der Waals surface area contributed by atoms with E-state index in [-0.39, 0.29) is 6.61 Å². The number of anilines is 1. The highest BCUT2D eigenvalue weighted by molar-refractivity contribution is 5.78. The Labute approximate surface area is 97.9 Å². The Kier molecular flexibility index (Phi) is 4.33. The average Bonchev–Trinajstić information content (AvgIpc) is 2.26. The molecule has 6 heteroatoms. The molecule has 0 aliphatic carbocycles. The molecule has 0 saturated carbocycles. The van der Waals surface area contributed by atoms with Gasteiger partial charge in [0.25, 0.3) is 0 Å². The van der Waals surface area contributed by atoms with Gasteiger partial charge in [-0.1, -0.05) is 6.07 Å². The number of carbonyl (C=O) groups excluding carboxylic acids is 1. The lowest BCUT2D eigenvalue weighted by molar-refractivity contribution is -0.163. The summed E-state index contributed by atoms with van der Waals surface area (Å²) in [5.74, 6) is -1.53. The van der Waals surface area contributed by atoms with Gasteiger partial charge in [0.1, 0.15) is 5.75 Å². The SMILES string of the molecule is CC(OC(=O)COc1cccc(N)c1)C(=O)O. The van der Waals surface area contributed by atoms with E-state index in [1.807, 2.05) is 0 Å². The topological polar surface area (TPSA) is 98.9 Å². The number of esters is 1. The number of hydrogen-bond donors (Lipinski definition) is 2. The van der Waals surface area contributed by atoms with Crippen molar-refractivity contribution in [2.24, 2.45) is 0 Å². The molecule has 1 atom stereocenters. The van der Waals surface area contributed by atoms with Crippen LogP contribution >= 0.6 is 0 Å². The van der Waals surface area contributed by atoms with E-state index >= 15 is 0 Å². The number of nitrogens with two attached hydrogens (primary N) is 1. The van der Waals surface area contributed by atoms with Crippen LogP contribution in [0.2, 0.25) is 0 Å². The molecule has 17 heavy (non-hydrogen) atoms. The first-order chi connectivity index (χ1) is 7.99. The van der Waals surface area contributed by atoms with E-state index < -0.39 is 18.0 Å². The van der Waals surface area contributed by atoms with E-state index in [9.17, 15) is 9.59 Å². The molecule has 0 bridgehead atoms. The summed E-state index contributed by atoms with van der Waals surface area (Å²) in [6.07, 6.45) is -1.19. The van der Waals surface area contributed by atoms with Gasteiger partial charge in [0.2, 0.25) is 0 Å². The van der Waals surface area contributed by atoms with E-state index in [1.54, 1.807) is 24.3 Å². The van der Waals surface area contributed by atoms with E-state index in [2.05, 4.69) is 4.74 Å². The molecule has 0 radical (unpaired) electrons. The highest BCUT2D eigenvalue weighted by atomic mass is 16.6. The van der Waals surface area contributed by atoms with Crippen molar-refractivity contribution < 1.29 is 24.2 Å². The van der Waals surface area contributed by atoms with Crippen LogP contribution in [0.5, 0.6) is 5.75 Å². The van der Waals surface area contributed by atoms with E-state index in [4.69, 9.17) is 15.6 Å². The first-order valence-corrected chi connectivity index (χ1v) is 4.89. The number of rotatable bonds is 5. The third kappa shape index (κ3) is 4.42. The van der Waals surface area contributed by atoms with Crippen LogP contribution in [-0.4, -0.2) is 29.8 Å². The van der Waals surface area contributed by atoms with Gasteiger partial charge in [-0.2, -0.15) is 0 Å². The van der Waals surface area contributed by atoms with Crippen LogP contribution in [0.15, 0.2) is 24.3 Å². The lowest BCUT2D eigenvalue weighted by Gasteiger charge is -2.09. The minimum atomic E-state index is -1.21. The van der Waals surface area contributed by atoms with Crippen LogP contribution in [0.4, 0.5) is 5.69 Å². The summed E-state index contributed by atoms with van der Waals surface area (Å²) in [6, 6.07) is 6.53. The molecule has 1 aromatic carbocycles. The molecule has 0 aliphatic rings. The minimum Gasteiger partial charge on any atom is -0.482 e. The van der Waals surface area contributed by atoms with Gasteiger partial charge in [0.05, 0.1) is 0 Å². The van der Waals surface area contributed by atoms with Gasteiger partial charge in [0.15, 0.2) is 12.7 Å². The summed E-state index contributed by atoms with van der Waals surface area (Å²) in [4.78, 5) is 21.6. The zero-order chi connectivity index (χ0) is 12.8. The fourth-order valence-corrected chi connectivity index (χ4v) is 1.03. The Bertz CT molecular complexity index is 418. The fourth-order valence-electron chi connectivity index (χ4n) is 1.03. The second-order valence-corrected chi connectivity index (χ2v) is 3.33. The predicted octanol–water partition coefficient (Wildman–Crippen LogP) is 0.664. The predicted molar refractivity (Wildman–Crippen MR) is 59.5 cm³/mol. The highest BCUT2D eigenvalue weighted by Crippen LogP contribution is 2.14. The number of carboxylic acid groups (broad SMARTS) is 1. The maximum absolute atomic E-state index is 11.2. The maximum Gasteiger partial charge on any atom is 0.344 e. The van der Waals surface area contributed by atoms with Gasteiger partial charge >= 0.3 is 11.9 Å². The number of hydrogen-bond acceptors (Lipinski definition) is 5. The molecule has 1 aromatic rings. The van der Waals surface area contributed by atoms with Crippen molar-refractivity contribution in [3.8, 4) is 5.75 Å². The summed E-state index contributed by atoms with van der Waals surface area (Å²) in [7, 11) is 0. The second kappa shape index (κ2) is 5.74. The Morgan fingerprint density at radius 2 is 2.18 bits per heavy atom. The molecule has 1 rings (SSSR count). The van der Waals surface area contributed by atoms with Gasteiger partial charge in [-0.3, -0.25) is 0 Å². The van der Waals surface area contributed by atoms with Crippen molar-refractivity contribution in [1.82, 2.24) is 0 Å². The quantitative estimate of drug-likeness (QED) is 0.578. The number of ether oxygens (including phenoxy) is 2. The van der Waals surface area contributed by atoms with Crippen molar-refractivity contribution >= 4 is 17.6 Å². The molecule has 0 aliphatic heterocycles. The number of carbonyl (C=O) groups is 2. The van der Waals surface area contributed by atoms with Crippen LogP contribution in [0, 0.1) is 0 Å². The molecule has 0 aromatic heterocycles. The highest BCUT2D eigenvalue weighted by Gasteiger charge is 2.16. The lowest BCUT2D eigenvalue weighted by atomic mass is 10.3. The van der Waals surface area contributed by atoms with Crippen LogP contribution < -0.4 is 10.5 Å². The van der Waals surface area contributed by atoms with E-state index in [0.29, 0.717) is 11.4 Å². The molecular formula is C11H13NO5. The first kappa shape index (κ1) is 12.8. The zero-order valence-electron chi connectivity index (χ0n) is 9.25. The number of aliphatic carboxylic acids is 1. The van der Waals surface area contributed by atoms with E-state index in [0.717, 1.165) is 0 Å². The summed E-state index contributed by atoms with van der Waals surface area (Å²) in [6.45, 7) is 0.905. The van der Waals surface area contributed by atoms with Gasteiger partial charge < -0.3 is 20.3 Å². The summed E-state index contributed by atoms with van der Waals surface area (Å²) in [5, 5.41) is 8.52. The first-order valence-electron chi connectivity index (χ1n) is 4.89. The maximum atomic E-state index is 11.2. The monoisotopic (exact) mass is 239 g/mol. The van der Waals surface area contributed by atoms with E-state index in [1.165, 1.54) is 6.92 Å². The van der Waals surface area contributed by atoms with Gasteiger partial charge in [-0.15, -0.1) is 0 Å². The van der Waals surface area contributed by atoms with Crippen molar-refractivity contribution in [2.75, 3.05) is 12.3 Å². The normalized spacial score (nSPS) is 11.6. The molecule has 6 nitrogen and oxygen atoms in total. The average molecular weight is 239 g/mol. The standard InChI is InChI=1S/C11H13NO5/c1-7(11(14)15)17-10(13)6-16-9-4-2-3-8(12)5-9/h2-5,7H,6,12H2,1H3,(H,14,15). The summed E-state index contributed by atoms with van der Waals surface area (Å²) >= 11 is 0. The van der Waals surface area contributed by atoms with Crippen LogP contribution in [-0.2, 0) is 14.3 Å². The van der Waals surface area contributed by atoms with Crippen LogP contribution in [0.3, 0.4) is 0 Å². The van der Waals surface area contributed by atoms with Crippen molar-refractivity contribution in [3.63, 3.8) is 0 Å². The van der Waals surface area contributed by atoms with Gasteiger partial charge in [0, 0.05) is 11.8 Å². The molecule has 0 amide bonds. The number of carboxylic acids is 1. The summed E-state index contributed by atoms with van der Waals surface area (Å²) < 4.78 is 9.65. The third-order valence-corrected chi connectivity index (χ3v) is 1.87. The molecule has 0 fully saturated rings. The van der Waals surface area contributed by atoms with Crippen LogP contribution in [0.1, 0.15) is 6.92 Å². The second-order valence-electron chi connectivity index (χ2n) is 3.33. The Morgan fingerprint density at radius 1 is 1.47 bits per heavy atom. The minimum absolute atomic E-state index is 0.360. The lowest BCUT2D eigenvalue weighted by Crippen LogP contribution is -2.26. The van der Waals surface area contributed by atoms with Crippen molar-refractivity contribution in [3.05, 3.63) is 24.3 Å². The number of nitrogen functional groups attached to an aromatic ring is 1. The smallest absolute Gasteiger partial charge is 0.344 e. The van der Waals surface area contributed by atoms with Gasteiger partial charge in [-0.25, -0.2) is 9.59 Å².